The fraction of sp³-hybridized carbons (Fsp3) is 0.143. The molecule has 0 bridgehead atoms. The summed E-state index contributed by atoms with van der Waals surface area (Å²) in [7, 11) is 0. The molecule has 146 valence electrons. The Kier molecular flexibility index (Phi) is 4.82. The van der Waals surface area contributed by atoms with E-state index in [4.69, 9.17) is 4.74 Å². The third kappa shape index (κ3) is 3.86. The molecule has 4 rings (SSSR count). The molecule has 1 amide bonds. The third-order valence-corrected chi connectivity index (χ3v) is 4.59. The molecule has 0 aliphatic carbocycles. The summed E-state index contributed by atoms with van der Waals surface area (Å²) in [6, 6.07) is 15.8. The topological polar surface area (TPSA) is 106 Å². The number of anilines is 2. The fourth-order valence-electron chi connectivity index (χ4n) is 3.26. The quantitative estimate of drug-likeness (QED) is 0.507. The number of amides is 1. The van der Waals surface area contributed by atoms with Crippen LogP contribution in [0.4, 0.5) is 17.1 Å². The Morgan fingerprint density at radius 2 is 2.07 bits per heavy atom. The van der Waals surface area contributed by atoms with Crippen LogP contribution in [0.3, 0.4) is 0 Å². The Labute approximate surface area is 166 Å². The molecule has 2 heterocycles. The van der Waals surface area contributed by atoms with Gasteiger partial charge in [0.2, 0.25) is 0 Å². The standard InChI is InChI=1S/C21H18N4O4/c1-13-5-4-6-14(9-13)21(15-7-2-3-8-22-15)24-16-10-17-19(11-18(16)25(27)28)29-12-20(26)23-17/h2-11,21,24H,12H2,1H3,(H,23,26). The maximum atomic E-state index is 11.7. The van der Waals surface area contributed by atoms with Crippen LogP contribution in [0.15, 0.2) is 60.8 Å². The van der Waals surface area contributed by atoms with Gasteiger partial charge in [-0.25, -0.2) is 0 Å². The van der Waals surface area contributed by atoms with Crippen LogP contribution in [0.25, 0.3) is 0 Å². The monoisotopic (exact) mass is 390 g/mol. The predicted octanol–water partition coefficient (Wildman–Crippen LogP) is 3.83. The van der Waals surface area contributed by atoms with Gasteiger partial charge in [-0.15, -0.1) is 0 Å². The molecule has 1 aliphatic rings. The lowest BCUT2D eigenvalue weighted by Crippen LogP contribution is -2.25. The number of pyridine rings is 1. The van der Waals surface area contributed by atoms with Crippen molar-refractivity contribution < 1.29 is 14.5 Å². The molecule has 0 spiro atoms. The van der Waals surface area contributed by atoms with Gasteiger partial charge < -0.3 is 15.4 Å². The Balaban J connectivity index is 1.80. The lowest BCUT2D eigenvalue weighted by atomic mass is 10.0. The molecule has 8 heteroatoms. The van der Waals surface area contributed by atoms with Crippen LogP contribution in [-0.4, -0.2) is 22.4 Å². The fourth-order valence-corrected chi connectivity index (χ4v) is 3.26. The second kappa shape index (κ2) is 7.59. The van der Waals surface area contributed by atoms with E-state index in [1.54, 1.807) is 6.20 Å². The molecule has 1 aliphatic heterocycles. The summed E-state index contributed by atoms with van der Waals surface area (Å²) in [4.78, 5) is 27.3. The number of nitrogens with one attached hydrogen (secondary N) is 2. The van der Waals surface area contributed by atoms with Gasteiger partial charge >= 0.3 is 0 Å². The van der Waals surface area contributed by atoms with E-state index in [9.17, 15) is 14.9 Å². The van der Waals surface area contributed by atoms with Crippen LogP contribution in [0.2, 0.25) is 0 Å². The van der Waals surface area contributed by atoms with Crippen LogP contribution < -0.4 is 15.4 Å². The Morgan fingerprint density at radius 3 is 2.79 bits per heavy atom. The highest BCUT2D eigenvalue weighted by molar-refractivity contribution is 5.96. The number of nitro benzene ring substituents is 1. The van der Waals surface area contributed by atoms with E-state index in [1.807, 2.05) is 49.4 Å². The summed E-state index contributed by atoms with van der Waals surface area (Å²) in [5.41, 5.74) is 3.19. The first-order valence-electron chi connectivity index (χ1n) is 9.00. The van der Waals surface area contributed by atoms with E-state index >= 15 is 0 Å². The zero-order valence-corrected chi connectivity index (χ0v) is 15.6. The molecular formula is C21H18N4O4. The second-order valence-corrected chi connectivity index (χ2v) is 6.71. The summed E-state index contributed by atoms with van der Waals surface area (Å²) in [5.74, 6) is -0.0379. The van der Waals surface area contributed by atoms with Crippen molar-refractivity contribution in [1.29, 1.82) is 0 Å². The van der Waals surface area contributed by atoms with Crippen molar-refractivity contribution in [2.45, 2.75) is 13.0 Å². The van der Waals surface area contributed by atoms with E-state index in [0.29, 0.717) is 11.4 Å². The molecule has 0 saturated carbocycles. The first-order valence-corrected chi connectivity index (χ1v) is 9.00. The molecule has 1 atom stereocenters. The van der Waals surface area contributed by atoms with Crippen molar-refractivity contribution in [1.82, 2.24) is 4.98 Å². The first-order chi connectivity index (χ1) is 14.0. The highest BCUT2D eigenvalue weighted by Crippen LogP contribution is 2.40. The Bertz CT molecular complexity index is 1090. The van der Waals surface area contributed by atoms with E-state index in [0.717, 1.165) is 11.1 Å². The summed E-state index contributed by atoms with van der Waals surface area (Å²) in [5, 5.41) is 17.6. The van der Waals surface area contributed by atoms with Gasteiger partial charge in [-0.2, -0.15) is 0 Å². The van der Waals surface area contributed by atoms with Crippen molar-refractivity contribution in [2.24, 2.45) is 0 Å². The van der Waals surface area contributed by atoms with Crippen LogP contribution in [0, 0.1) is 17.0 Å². The molecule has 2 N–H and O–H groups in total. The number of fused-ring (bicyclic) bond motifs is 1. The molecule has 1 unspecified atom stereocenters. The van der Waals surface area contributed by atoms with Gasteiger partial charge in [-0.3, -0.25) is 19.9 Å². The third-order valence-electron chi connectivity index (χ3n) is 4.59. The lowest BCUT2D eigenvalue weighted by Gasteiger charge is -2.23. The van der Waals surface area contributed by atoms with Crippen molar-refractivity contribution in [3.63, 3.8) is 0 Å². The number of ether oxygens (including phenoxy) is 1. The number of hydrogen-bond donors (Lipinski definition) is 2. The van der Waals surface area contributed by atoms with E-state index in [-0.39, 0.29) is 29.6 Å². The van der Waals surface area contributed by atoms with Gasteiger partial charge in [0.15, 0.2) is 12.4 Å². The number of nitrogens with zero attached hydrogens (tertiary/aromatic N) is 2. The van der Waals surface area contributed by atoms with Crippen molar-refractivity contribution in [2.75, 3.05) is 17.2 Å². The van der Waals surface area contributed by atoms with Crippen LogP contribution >= 0.6 is 0 Å². The smallest absolute Gasteiger partial charge is 0.296 e. The number of rotatable bonds is 5. The van der Waals surface area contributed by atoms with Gasteiger partial charge in [0.05, 0.1) is 28.4 Å². The largest absolute Gasteiger partial charge is 0.481 e. The van der Waals surface area contributed by atoms with E-state index < -0.39 is 11.0 Å². The van der Waals surface area contributed by atoms with E-state index in [2.05, 4.69) is 15.6 Å². The molecule has 2 aromatic carbocycles. The summed E-state index contributed by atoms with van der Waals surface area (Å²) >= 11 is 0. The average Bonchev–Trinajstić information content (AvgIpc) is 2.71. The minimum Gasteiger partial charge on any atom is -0.481 e. The molecule has 0 saturated heterocycles. The molecular weight excluding hydrogens is 372 g/mol. The highest BCUT2D eigenvalue weighted by atomic mass is 16.6. The van der Waals surface area contributed by atoms with Crippen molar-refractivity contribution in [3.8, 4) is 5.75 Å². The minimum absolute atomic E-state index is 0.145. The molecule has 8 nitrogen and oxygen atoms in total. The lowest BCUT2D eigenvalue weighted by molar-refractivity contribution is -0.384. The molecule has 3 aromatic rings. The summed E-state index contributed by atoms with van der Waals surface area (Å²) in [6.07, 6.45) is 1.68. The Morgan fingerprint density at radius 1 is 1.21 bits per heavy atom. The van der Waals surface area contributed by atoms with Gasteiger partial charge in [0.1, 0.15) is 5.69 Å². The maximum absolute atomic E-state index is 11.7. The number of benzene rings is 2. The minimum atomic E-state index is -0.478. The van der Waals surface area contributed by atoms with Gasteiger partial charge in [-0.1, -0.05) is 35.9 Å². The highest BCUT2D eigenvalue weighted by Gasteiger charge is 2.26. The predicted molar refractivity (Wildman–Crippen MR) is 108 cm³/mol. The second-order valence-electron chi connectivity index (χ2n) is 6.71. The average molecular weight is 390 g/mol. The van der Waals surface area contributed by atoms with Crippen molar-refractivity contribution >= 4 is 23.0 Å². The molecule has 1 aromatic heterocycles. The first kappa shape index (κ1) is 18.4. The van der Waals surface area contributed by atoms with Gasteiger partial charge in [-0.05, 0) is 30.7 Å². The number of aryl methyl sites for hydroxylation is 1. The zero-order chi connectivity index (χ0) is 20.4. The summed E-state index contributed by atoms with van der Waals surface area (Å²) < 4.78 is 5.31. The molecule has 29 heavy (non-hydrogen) atoms. The zero-order valence-electron chi connectivity index (χ0n) is 15.6. The van der Waals surface area contributed by atoms with Gasteiger partial charge in [0, 0.05) is 6.20 Å². The number of hydrogen-bond acceptors (Lipinski definition) is 6. The van der Waals surface area contributed by atoms with Crippen LogP contribution in [-0.2, 0) is 4.79 Å². The normalized spacial score (nSPS) is 13.6. The van der Waals surface area contributed by atoms with E-state index in [1.165, 1.54) is 12.1 Å². The summed E-state index contributed by atoms with van der Waals surface area (Å²) in [6.45, 7) is 1.81. The van der Waals surface area contributed by atoms with Gasteiger partial charge in [0.25, 0.3) is 11.6 Å². The van der Waals surface area contributed by atoms with Crippen molar-refractivity contribution in [3.05, 3.63) is 87.7 Å². The number of nitro groups is 1. The number of carbonyl (C=O) groups excluding carboxylic acids is 1. The number of aromatic nitrogens is 1. The maximum Gasteiger partial charge on any atom is 0.296 e. The van der Waals surface area contributed by atoms with Crippen LogP contribution in [0.1, 0.15) is 22.9 Å². The molecule has 0 fully saturated rings. The van der Waals surface area contributed by atoms with Crippen LogP contribution in [0.5, 0.6) is 5.75 Å². The Hall–Kier alpha value is -3.94. The SMILES string of the molecule is Cc1cccc(C(Nc2cc3c(cc2[N+](=O)[O-])OCC(=O)N3)c2ccccn2)c1. The number of carbonyl (C=O) groups is 1. The molecule has 0 radical (unpaired) electrons.